The van der Waals surface area contributed by atoms with Crippen molar-refractivity contribution in [2.75, 3.05) is 13.1 Å². The van der Waals surface area contributed by atoms with Crippen LogP contribution in [0.3, 0.4) is 0 Å². The summed E-state index contributed by atoms with van der Waals surface area (Å²) in [6, 6.07) is 5.09. The molecule has 2 fully saturated rings. The smallest absolute Gasteiger partial charge is 0.174 e. The van der Waals surface area contributed by atoms with E-state index in [2.05, 4.69) is 42.6 Å². The second kappa shape index (κ2) is 6.46. The van der Waals surface area contributed by atoms with Crippen LogP contribution >= 0.6 is 11.3 Å². The highest BCUT2D eigenvalue weighted by Gasteiger charge is 2.32. The number of thiophene rings is 1. The summed E-state index contributed by atoms with van der Waals surface area (Å²) in [4.78, 5) is 3.92. The van der Waals surface area contributed by atoms with Crippen molar-refractivity contribution >= 4 is 11.3 Å². The van der Waals surface area contributed by atoms with E-state index < -0.39 is 0 Å². The van der Waals surface area contributed by atoms with Gasteiger partial charge in [-0.15, -0.1) is 16.4 Å². The summed E-state index contributed by atoms with van der Waals surface area (Å²) in [5.74, 6) is 1.05. The maximum absolute atomic E-state index is 4.46. The molecule has 0 amide bonds. The Hall–Kier alpha value is -1.27. The third-order valence-corrected chi connectivity index (χ3v) is 5.93. The summed E-state index contributed by atoms with van der Waals surface area (Å²) >= 11 is 1.82. The quantitative estimate of drug-likeness (QED) is 0.867. The first-order valence-electron chi connectivity index (χ1n) is 8.49. The van der Waals surface area contributed by atoms with Crippen LogP contribution in [0.2, 0.25) is 0 Å². The van der Waals surface area contributed by atoms with Gasteiger partial charge in [-0.1, -0.05) is 25.3 Å². The number of hydrogen-bond donors (Lipinski definition) is 0. The van der Waals surface area contributed by atoms with Gasteiger partial charge in [0.05, 0.1) is 6.04 Å². The molecular weight excluding hydrogens is 294 g/mol. The van der Waals surface area contributed by atoms with E-state index in [9.17, 15) is 0 Å². The molecule has 0 N–H and O–H groups in total. The van der Waals surface area contributed by atoms with Gasteiger partial charge in [-0.05, 0) is 60.6 Å². The lowest BCUT2D eigenvalue weighted by Gasteiger charge is -2.29. The van der Waals surface area contributed by atoms with Gasteiger partial charge in [-0.25, -0.2) is 4.68 Å². The maximum Gasteiger partial charge on any atom is 0.174 e. The lowest BCUT2D eigenvalue weighted by atomic mass is 9.95. The van der Waals surface area contributed by atoms with Crippen LogP contribution in [-0.4, -0.2) is 38.2 Å². The molecule has 6 heteroatoms. The van der Waals surface area contributed by atoms with E-state index in [4.69, 9.17) is 0 Å². The molecule has 1 saturated carbocycles. The van der Waals surface area contributed by atoms with E-state index >= 15 is 0 Å². The number of likely N-dealkylation sites (tertiary alicyclic amines) is 1. The third kappa shape index (κ3) is 2.70. The van der Waals surface area contributed by atoms with E-state index in [0.29, 0.717) is 6.04 Å². The van der Waals surface area contributed by atoms with Gasteiger partial charge in [-0.3, -0.25) is 4.90 Å². The van der Waals surface area contributed by atoms with Gasteiger partial charge in [0.15, 0.2) is 5.82 Å². The first-order valence-corrected chi connectivity index (χ1v) is 9.36. The molecule has 118 valence electrons. The Labute approximate surface area is 135 Å². The van der Waals surface area contributed by atoms with Crippen molar-refractivity contribution in [1.82, 2.24) is 25.1 Å². The average molecular weight is 317 g/mol. The van der Waals surface area contributed by atoms with Crippen molar-refractivity contribution in [3.63, 3.8) is 0 Å². The molecule has 1 unspecified atom stereocenters. The van der Waals surface area contributed by atoms with Crippen molar-refractivity contribution in [2.24, 2.45) is 0 Å². The fourth-order valence-corrected chi connectivity index (χ4v) is 4.74. The summed E-state index contributed by atoms with van der Waals surface area (Å²) in [6.07, 6.45) is 8.97. The average Bonchev–Trinajstić information content (AvgIpc) is 3.32. The number of aromatic nitrogens is 4. The first kappa shape index (κ1) is 14.3. The molecule has 1 aliphatic carbocycles. The minimum Gasteiger partial charge on any atom is -0.289 e. The van der Waals surface area contributed by atoms with Crippen LogP contribution in [0.4, 0.5) is 0 Å². The van der Waals surface area contributed by atoms with E-state index in [1.807, 2.05) is 11.3 Å². The third-order valence-electron chi connectivity index (χ3n) is 5.00. The molecule has 4 rings (SSSR count). The van der Waals surface area contributed by atoms with Crippen molar-refractivity contribution in [3.8, 4) is 0 Å². The van der Waals surface area contributed by atoms with Crippen molar-refractivity contribution in [3.05, 3.63) is 28.2 Å². The highest BCUT2D eigenvalue weighted by Crippen LogP contribution is 2.36. The Kier molecular flexibility index (Phi) is 4.21. The fraction of sp³-hybridized carbons (Fsp3) is 0.688. The van der Waals surface area contributed by atoms with Crippen LogP contribution in [0.25, 0.3) is 0 Å². The molecular formula is C16H23N5S. The van der Waals surface area contributed by atoms with Crippen LogP contribution in [0.5, 0.6) is 0 Å². The van der Waals surface area contributed by atoms with Gasteiger partial charge in [-0.2, -0.15) is 0 Å². The standard InChI is InChI=1S/C16H23N5S/c1-2-7-13(8-3-1)21-16(17-18-19-21)15(14-9-6-12-22-14)20-10-4-5-11-20/h6,9,12-13,15H,1-5,7-8,10-11H2. The summed E-state index contributed by atoms with van der Waals surface area (Å²) in [6.45, 7) is 2.31. The minimum absolute atomic E-state index is 0.236. The molecule has 0 radical (unpaired) electrons. The maximum atomic E-state index is 4.46. The van der Waals surface area contributed by atoms with Crippen molar-refractivity contribution < 1.29 is 0 Å². The number of hydrogen-bond acceptors (Lipinski definition) is 5. The van der Waals surface area contributed by atoms with Crippen LogP contribution in [-0.2, 0) is 0 Å². The monoisotopic (exact) mass is 317 g/mol. The number of tetrazole rings is 1. The number of rotatable bonds is 4. The predicted molar refractivity (Wildman–Crippen MR) is 86.9 cm³/mol. The van der Waals surface area contributed by atoms with Crippen LogP contribution in [0.15, 0.2) is 17.5 Å². The second-order valence-electron chi connectivity index (χ2n) is 6.43. The molecule has 5 nitrogen and oxygen atoms in total. The second-order valence-corrected chi connectivity index (χ2v) is 7.41. The molecule has 22 heavy (non-hydrogen) atoms. The molecule has 2 aliphatic rings. The molecule has 0 aromatic carbocycles. The zero-order chi connectivity index (χ0) is 14.8. The van der Waals surface area contributed by atoms with E-state index in [0.717, 1.165) is 18.9 Å². The molecule has 3 heterocycles. The normalized spacial score (nSPS) is 22.2. The zero-order valence-corrected chi connectivity index (χ0v) is 13.7. The SMILES string of the molecule is c1csc(C(c2nnnn2C2CCCCC2)N2CCCC2)c1. The Morgan fingerprint density at radius 1 is 1.09 bits per heavy atom. The van der Waals surface area contributed by atoms with Gasteiger partial charge in [0.1, 0.15) is 6.04 Å². The molecule has 1 saturated heterocycles. The first-order chi connectivity index (χ1) is 10.9. The van der Waals surface area contributed by atoms with Crippen molar-refractivity contribution in [2.45, 2.75) is 57.0 Å². The van der Waals surface area contributed by atoms with Gasteiger partial charge in [0.2, 0.25) is 0 Å². The van der Waals surface area contributed by atoms with Crippen LogP contribution < -0.4 is 0 Å². The van der Waals surface area contributed by atoms with Gasteiger partial charge in [0, 0.05) is 4.88 Å². The van der Waals surface area contributed by atoms with Crippen LogP contribution in [0, 0.1) is 0 Å². The van der Waals surface area contributed by atoms with Gasteiger partial charge >= 0.3 is 0 Å². The highest BCUT2D eigenvalue weighted by atomic mass is 32.1. The predicted octanol–water partition coefficient (Wildman–Crippen LogP) is 3.43. The van der Waals surface area contributed by atoms with Crippen molar-refractivity contribution in [1.29, 1.82) is 0 Å². The largest absolute Gasteiger partial charge is 0.289 e. The summed E-state index contributed by atoms with van der Waals surface area (Å²) < 4.78 is 2.14. The Balaban J connectivity index is 1.69. The molecule has 2 aromatic heterocycles. The Morgan fingerprint density at radius 2 is 1.91 bits per heavy atom. The molecule has 2 aromatic rings. The molecule has 0 bridgehead atoms. The Morgan fingerprint density at radius 3 is 2.64 bits per heavy atom. The summed E-state index contributed by atoms with van der Waals surface area (Å²) in [5.41, 5.74) is 0. The highest BCUT2D eigenvalue weighted by molar-refractivity contribution is 7.10. The van der Waals surface area contributed by atoms with Crippen LogP contribution in [0.1, 0.15) is 67.7 Å². The summed E-state index contributed by atoms with van der Waals surface area (Å²) in [7, 11) is 0. The lowest BCUT2D eigenvalue weighted by molar-refractivity contribution is 0.247. The minimum atomic E-state index is 0.236. The zero-order valence-electron chi connectivity index (χ0n) is 12.9. The van der Waals surface area contributed by atoms with Gasteiger partial charge in [0.25, 0.3) is 0 Å². The van der Waals surface area contributed by atoms with E-state index in [1.165, 1.54) is 49.8 Å². The number of nitrogens with zero attached hydrogens (tertiary/aromatic N) is 5. The van der Waals surface area contributed by atoms with E-state index in [-0.39, 0.29) is 6.04 Å². The lowest BCUT2D eigenvalue weighted by Crippen LogP contribution is -2.30. The topological polar surface area (TPSA) is 46.8 Å². The van der Waals surface area contributed by atoms with Gasteiger partial charge < -0.3 is 0 Å². The summed E-state index contributed by atoms with van der Waals surface area (Å²) in [5, 5.41) is 15.0. The molecule has 1 aliphatic heterocycles. The fourth-order valence-electron chi connectivity index (χ4n) is 3.88. The molecule has 1 atom stereocenters. The van der Waals surface area contributed by atoms with E-state index in [1.54, 1.807) is 0 Å². The molecule has 0 spiro atoms. The Bertz CT molecular complexity index is 581.